The third-order valence-electron chi connectivity index (χ3n) is 4.29. The van der Waals surface area contributed by atoms with Gasteiger partial charge in [-0.15, -0.1) is 0 Å². The molecule has 3 rings (SSSR count). The highest BCUT2D eigenvalue weighted by Gasteiger charge is 2.61. The van der Waals surface area contributed by atoms with Crippen molar-refractivity contribution in [3.63, 3.8) is 0 Å². The van der Waals surface area contributed by atoms with Gasteiger partial charge >= 0.3 is 0 Å². The normalized spacial score (nSPS) is 15.6. The van der Waals surface area contributed by atoms with E-state index in [0.717, 1.165) is 5.56 Å². The van der Waals surface area contributed by atoms with Gasteiger partial charge in [0.1, 0.15) is 5.75 Å². The van der Waals surface area contributed by atoms with Crippen molar-refractivity contribution in [2.24, 2.45) is 0 Å². The Bertz CT molecular complexity index is 868. The number of ether oxygens (including phenoxy) is 1. The van der Waals surface area contributed by atoms with Gasteiger partial charge in [0.15, 0.2) is 14.6 Å². The van der Waals surface area contributed by atoms with Crippen molar-refractivity contribution in [1.82, 2.24) is 0 Å². The molecule has 6 heteroatoms. The zero-order valence-corrected chi connectivity index (χ0v) is 14.4. The first-order valence-electron chi connectivity index (χ1n) is 7.66. The van der Waals surface area contributed by atoms with E-state index in [1.807, 2.05) is 6.92 Å². The average Bonchev–Trinajstić information content (AvgIpc) is 3.38. The van der Waals surface area contributed by atoms with Crippen molar-refractivity contribution in [3.8, 4) is 5.75 Å². The van der Waals surface area contributed by atoms with Crippen LogP contribution in [0.2, 0.25) is 0 Å². The van der Waals surface area contributed by atoms with Crippen LogP contribution in [0.5, 0.6) is 5.75 Å². The first kappa shape index (κ1) is 16.5. The Kier molecular flexibility index (Phi) is 4.09. The number of nitrogens with one attached hydrogen (secondary N) is 1. The molecular weight excluding hydrogens is 326 g/mol. The molecule has 0 atom stereocenters. The molecule has 5 nitrogen and oxygen atoms in total. The lowest BCUT2D eigenvalue weighted by Crippen LogP contribution is -2.37. The molecule has 126 valence electrons. The molecule has 1 amide bonds. The van der Waals surface area contributed by atoms with Gasteiger partial charge in [-0.2, -0.15) is 0 Å². The summed E-state index contributed by atoms with van der Waals surface area (Å²) in [5, 5.41) is 2.71. The highest BCUT2D eigenvalue weighted by Crippen LogP contribution is 2.47. The molecule has 0 bridgehead atoms. The molecule has 0 spiro atoms. The number of benzene rings is 2. The van der Waals surface area contributed by atoms with Gasteiger partial charge in [0, 0.05) is 11.8 Å². The Balaban J connectivity index is 1.87. The molecule has 0 aromatic heterocycles. The van der Waals surface area contributed by atoms with Gasteiger partial charge in [-0.3, -0.25) is 4.79 Å². The van der Waals surface area contributed by atoms with Crippen molar-refractivity contribution in [2.75, 3.05) is 12.4 Å². The summed E-state index contributed by atoms with van der Waals surface area (Å²) >= 11 is 0. The van der Waals surface area contributed by atoms with E-state index >= 15 is 0 Å². The molecule has 1 fully saturated rings. The Morgan fingerprint density at radius 3 is 2.38 bits per heavy atom. The topological polar surface area (TPSA) is 72.5 Å². The molecular formula is C18H19NO4S. The second-order valence-electron chi connectivity index (χ2n) is 6.00. The molecule has 1 N–H and O–H groups in total. The van der Waals surface area contributed by atoms with Crippen LogP contribution in [0.15, 0.2) is 53.4 Å². The minimum absolute atomic E-state index is 0.186. The highest BCUT2D eigenvalue weighted by atomic mass is 32.2. The summed E-state index contributed by atoms with van der Waals surface area (Å²) in [6.45, 7) is 1.89. The zero-order chi connectivity index (χ0) is 17.4. The van der Waals surface area contributed by atoms with Crippen LogP contribution >= 0.6 is 0 Å². The molecule has 0 saturated heterocycles. The first-order valence-corrected chi connectivity index (χ1v) is 9.14. The standard InChI is InChI=1S/C18H19NO4S/c1-13-6-8-16(9-7-13)24(21,22)18(10-11-18)17(20)19-14-4-3-5-15(12-14)23-2/h3-9,12H,10-11H2,1-2H3,(H,19,20). The van der Waals surface area contributed by atoms with Crippen molar-refractivity contribution in [1.29, 1.82) is 0 Å². The fourth-order valence-electron chi connectivity index (χ4n) is 2.62. The van der Waals surface area contributed by atoms with E-state index in [0.29, 0.717) is 24.3 Å². The molecule has 24 heavy (non-hydrogen) atoms. The fourth-order valence-corrected chi connectivity index (χ4v) is 4.50. The number of sulfone groups is 1. The maximum atomic E-state index is 12.9. The maximum absolute atomic E-state index is 12.9. The number of methoxy groups -OCH3 is 1. The van der Waals surface area contributed by atoms with E-state index in [9.17, 15) is 13.2 Å². The summed E-state index contributed by atoms with van der Waals surface area (Å²) in [4.78, 5) is 12.8. The second kappa shape index (κ2) is 5.94. The van der Waals surface area contributed by atoms with E-state index in [4.69, 9.17) is 4.74 Å². The average molecular weight is 345 g/mol. The number of aryl methyl sites for hydroxylation is 1. The molecule has 0 unspecified atom stereocenters. The molecule has 0 radical (unpaired) electrons. The van der Waals surface area contributed by atoms with Crippen LogP contribution in [0.4, 0.5) is 5.69 Å². The Morgan fingerprint density at radius 1 is 1.12 bits per heavy atom. The maximum Gasteiger partial charge on any atom is 0.246 e. The lowest BCUT2D eigenvalue weighted by atomic mass is 10.2. The lowest BCUT2D eigenvalue weighted by molar-refractivity contribution is -0.116. The minimum Gasteiger partial charge on any atom is -0.497 e. The van der Waals surface area contributed by atoms with Gasteiger partial charge < -0.3 is 10.1 Å². The summed E-state index contributed by atoms with van der Waals surface area (Å²) < 4.78 is 29.5. The third-order valence-corrected chi connectivity index (χ3v) is 6.81. The summed E-state index contributed by atoms with van der Waals surface area (Å²) in [6, 6.07) is 13.5. The molecule has 1 aliphatic carbocycles. The first-order chi connectivity index (χ1) is 11.4. The number of anilines is 1. The van der Waals surface area contributed by atoms with Crippen LogP contribution in [0, 0.1) is 6.92 Å². The summed E-state index contributed by atoms with van der Waals surface area (Å²) in [6.07, 6.45) is 0.665. The molecule has 1 saturated carbocycles. The van der Waals surface area contributed by atoms with E-state index in [2.05, 4.69) is 5.32 Å². The predicted octanol–water partition coefficient (Wildman–Crippen LogP) is 2.95. The Morgan fingerprint density at radius 2 is 1.79 bits per heavy atom. The SMILES string of the molecule is COc1cccc(NC(=O)C2(S(=O)(=O)c3ccc(C)cc3)CC2)c1. The number of carbonyl (C=O) groups excluding carboxylic acids is 1. The Labute approximate surface area is 141 Å². The quantitative estimate of drug-likeness (QED) is 0.904. The monoisotopic (exact) mass is 345 g/mol. The number of rotatable bonds is 5. The fraction of sp³-hybridized carbons (Fsp3) is 0.278. The summed E-state index contributed by atoms with van der Waals surface area (Å²) in [5.41, 5.74) is 1.49. The molecule has 0 aliphatic heterocycles. The highest BCUT2D eigenvalue weighted by molar-refractivity contribution is 7.94. The van der Waals surface area contributed by atoms with Crippen molar-refractivity contribution >= 4 is 21.4 Å². The van der Waals surface area contributed by atoms with Crippen LogP contribution in [-0.4, -0.2) is 26.2 Å². The van der Waals surface area contributed by atoms with Gasteiger partial charge in [0.2, 0.25) is 5.91 Å². The minimum atomic E-state index is -3.72. The van der Waals surface area contributed by atoms with Crippen molar-refractivity contribution in [2.45, 2.75) is 29.4 Å². The van der Waals surface area contributed by atoms with Crippen LogP contribution in [0.1, 0.15) is 18.4 Å². The van der Waals surface area contributed by atoms with Crippen molar-refractivity contribution < 1.29 is 17.9 Å². The van der Waals surface area contributed by atoms with Crippen LogP contribution in [-0.2, 0) is 14.6 Å². The van der Waals surface area contributed by atoms with Crippen LogP contribution < -0.4 is 10.1 Å². The van der Waals surface area contributed by atoms with E-state index < -0.39 is 20.5 Å². The molecule has 0 heterocycles. The van der Waals surface area contributed by atoms with Crippen LogP contribution in [0.25, 0.3) is 0 Å². The smallest absolute Gasteiger partial charge is 0.246 e. The van der Waals surface area contributed by atoms with Crippen LogP contribution in [0.3, 0.4) is 0 Å². The summed E-state index contributed by atoms with van der Waals surface area (Å²) in [5.74, 6) is 0.107. The number of hydrogen-bond acceptors (Lipinski definition) is 4. The molecule has 2 aromatic carbocycles. The van der Waals surface area contributed by atoms with Gasteiger partial charge in [-0.1, -0.05) is 23.8 Å². The number of carbonyl (C=O) groups is 1. The Hall–Kier alpha value is -2.34. The van der Waals surface area contributed by atoms with Crippen molar-refractivity contribution in [3.05, 3.63) is 54.1 Å². The number of hydrogen-bond donors (Lipinski definition) is 1. The zero-order valence-electron chi connectivity index (χ0n) is 13.6. The van der Waals surface area contributed by atoms with Gasteiger partial charge in [-0.05, 0) is 44.0 Å². The van der Waals surface area contributed by atoms with E-state index in [-0.39, 0.29) is 4.90 Å². The van der Waals surface area contributed by atoms with Gasteiger partial charge in [0.25, 0.3) is 0 Å². The van der Waals surface area contributed by atoms with Gasteiger partial charge in [0.05, 0.1) is 12.0 Å². The predicted molar refractivity (Wildman–Crippen MR) is 92.0 cm³/mol. The largest absolute Gasteiger partial charge is 0.497 e. The van der Waals surface area contributed by atoms with E-state index in [1.165, 1.54) is 7.11 Å². The molecule has 1 aliphatic rings. The lowest BCUT2D eigenvalue weighted by Gasteiger charge is -2.17. The number of amides is 1. The van der Waals surface area contributed by atoms with E-state index in [1.54, 1.807) is 48.5 Å². The molecule has 2 aromatic rings. The third kappa shape index (κ3) is 2.78. The second-order valence-corrected chi connectivity index (χ2v) is 8.26. The van der Waals surface area contributed by atoms with Gasteiger partial charge in [-0.25, -0.2) is 8.42 Å². The summed E-state index contributed by atoms with van der Waals surface area (Å²) in [7, 11) is -2.19.